The first-order chi connectivity index (χ1) is 12.6. The number of ether oxygens (including phenoxy) is 3. The highest BCUT2D eigenvalue weighted by atomic mass is 28.4. The van der Waals surface area contributed by atoms with Crippen molar-refractivity contribution in [3.05, 3.63) is 35.9 Å². The zero-order valence-corrected chi connectivity index (χ0v) is 18.1. The van der Waals surface area contributed by atoms with Gasteiger partial charge in [-0.1, -0.05) is 57.0 Å². The predicted octanol–water partition coefficient (Wildman–Crippen LogP) is 3.50. The van der Waals surface area contributed by atoms with Crippen molar-refractivity contribution in [1.29, 1.82) is 0 Å². The molecule has 0 saturated carbocycles. The minimum absolute atomic E-state index is 0.0784. The van der Waals surface area contributed by atoms with Gasteiger partial charge in [0.15, 0.2) is 14.6 Å². The van der Waals surface area contributed by atoms with Crippen LogP contribution in [0.2, 0.25) is 18.1 Å². The molecule has 1 aromatic carbocycles. The van der Waals surface area contributed by atoms with E-state index in [1.807, 2.05) is 30.3 Å². The van der Waals surface area contributed by atoms with Gasteiger partial charge in [-0.05, 0) is 23.7 Å². The topological polar surface area (TPSA) is 57.2 Å². The highest BCUT2D eigenvalue weighted by Gasteiger charge is 2.47. The summed E-state index contributed by atoms with van der Waals surface area (Å²) in [4.78, 5) is 0. The van der Waals surface area contributed by atoms with Crippen molar-refractivity contribution in [2.75, 3.05) is 13.7 Å². The minimum atomic E-state index is -1.95. The zero-order chi connectivity index (χ0) is 20.2. The Bertz CT molecular complexity index is 634. The second-order valence-electron chi connectivity index (χ2n) is 8.40. The summed E-state index contributed by atoms with van der Waals surface area (Å²) in [5, 5.41) is 10.9. The summed E-state index contributed by atoms with van der Waals surface area (Å²) in [6.45, 7) is 11.1. The molecule has 1 N–H and O–H groups in total. The lowest BCUT2D eigenvalue weighted by Crippen LogP contribution is -2.44. The second-order valence-corrected chi connectivity index (χ2v) is 13.2. The Balaban J connectivity index is 2.06. The smallest absolute Gasteiger partial charge is 0.192 e. The SMILES string of the molecule is C#CC(O[C@@H]1[C@@H](OC)O[C@@H](CO[Si](C)(C)C(C)(C)C)[C@@H]1O)c1ccccc1. The number of methoxy groups -OCH3 is 1. The first-order valence-corrected chi connectivity index (χ1v) is 12.2. The molecule has 5 atom stereocenters. The minimum Gasteiger partial charge on any atom is -0.414 e. The molecular formula is C21H32O5Si. The van der Waals surface area contributed by atoms with Crippen LogP contribution >= 0.6 is 0 Å². The third-order valence-electron chi connectivity index (χ3n) is 5.49. The van der Waals surface area contributed by atoms with E-state index in [1.165, 1.54) is 7.11 Å². The molecule has 0 bridgehead atoms. The van der Waals surface area contributed by atoms with Crippen LogP contribution in [0.15, 0.2) is 30.3 Å². The summed E-state index contributed by atoms with van der Waals surface area (Å²) in [6.07, 6.45) is 2.26. The third kappa shape index (κ3) is 5.20. The summed E-state index contributed by atoms with van der Waals surface area (Å²) in [5.74, 6) is 2.63. The molecule has 0 aliphatic carbocycles. The quantitative estimate of drug-likeness (QED) is 0.568. The molecule has 0 aromatic heterocycles. The van der Waals surface area contributed by atoms with Gasteiger partial charge in [0.2, 0.25) is 0 Å². The van der Waals surface area contributed by atoms with Crippen molar-refractivity contribution in [1.82, 2.24) is 0 Å². The summed E-state index contributed by atoms with van der Waals surface area (Å²) in [7, 11) is -0.427. The van der Waals surface area contributed by atoms with Crippen LogP contribution < -0.4 is 0 Å². The summed E-state index contributed by atoms with van der Waals surface area (Å²) < 4.78 is 23.5. The summed E-state index contributed by atoms with van der Waals surface area (Å²) >= 11 is 0. The van der Waals surface area contributed by atoms with Crippen LogP contribution in [0.3, 0.4) is 0 Å². The highest BCUT2D eigenvalue weighted by Crippen LogP contribution is 2.37. The van der Waals surface area contributed by atoms with Crippen LogP contribution in [0.1, 0.15) is 32.4 Å². The van der Waals surface area contributed by atoms with Crippen LogP contribution in [0, 0.1) is 12.3 Å². The van der Waals surface area contributed by atoms with Gasteiger partial charge in [0.25, 0.3) is 0 Å². The lowest BCUT2D eigenvalue weighted by molar-refractivity contribution is -0.171. The van der Waals surface area contributed by atoms with Crippen molar-refractivity contribution in [3.8, 4) is 12.3 Å². The normalized spacial score (nSPS) is 27.3. The largest absolute Gasteiger partial charge is 0.414 e. The predicted molar refractivity (Wildman–Crippen MR) is 108 cm³/mol. The third-order valence-corrected chi connectivity index (χ3v) is 9.99. The van der Waals surface area contributed by atoms with Crippen molar-refractivity contribution in [2.24, 2.45) is 0 Å². The van der Waals surface area contributed by atoms with Gasteiger partial charge in [-0.2, -0.15) is 0 Å². The van der Waals surface area contributed by atoms with Gasteiger partial charge in [0, 0.05) is 7.11 Å². The Morgan fingerprint density at radius 3 is 2.41 bits per heavy atom. The average Bonchev–Trinajstić information content (AvgIpc) is 2.92. The van der Waals surface area contributed by atoms with Gasteiger partial charge in [-0.15, -0.1) is 6.42 Å². The fourth-order valence-electron chi connectivity index (χ4n) is 2.68. The Morgan fingerprint density at radius 1 is 1.26 bits per heavy atom. The average molecular weight is 393 g/mol. The maximum Gasteiger partial charge on any atom is 0.192 e. The number of hydrogen-bond acceptors (Lipinski definition) is 5. The first-order valence-electron chi connectivity index (χ1n) is 9.27. The van der Waals surface area contributed by atoms with Crippen LogP contribution in [0.25, 0.3) is 0 Å². The van der Waals surface area contributed by atoms with Crippen molar-refractivity contribution in [2.45, 2.75) is 69.6 Å². The van der Waals surface area contributed by atoms with E-state index in [9.17, 15) is 5.11 Å². The van der Waals surface area contributed by atoms with E-state index < -0.39 is 39.0 Å². The fourth-order valence-corrected chi connectivity index (χ4v) is 3.69. The molecule has 2 rings (SSSR count). The van der Waals surface area contributed by atoms with E-state index in [4.69, 9.17) is 25.1 Å². The lowest BCUT2D eigenvalue weighted by Gasteiger charge is -2.37. The molecular weight excluding hydrogens is 360 g/mol. The molecule has 1 heterocycles. The molecule has 0 radical (unpaired) electrons. The number of aliphatic hydroxyl groups is 1. The van der Waals surface area contributed by atoms with E-state index in [0.717, 1.165) is 5.56 Å². The maximum absolute atomic E-state index is 10.8. The fraction of sp³-hybridized carbons (Fsp3) is 0.619. The Labute approximate surface area is 164 Å². The molecule has 150 valence electrons. The first kappa shape index (κ1) is 22.1. The lowest BCUT2D eigenvalue weighted by atomic mass is 10.1. The second kappa shape index (κ2) is 8.87. The number of hydrogen-bond donors (Lipinski definition) is 1. The van der Waals surface area contributed by atoms with Gasteiger partial charge in [0.1, 0.15) is 24.4 Å². The monoisotopic (exact) mass is 392 g/mol. The molecule has 1 unspecified atom stereocenters. The van der Waals surface area contributed by atoms with E-state index in [-0.39, 0.29) is 5.04 Å². The Kier molecular flexibility index (Phi) is 7.25. The summed E-state index contributed by atoms with van der Waals surface area (Å²) in [5.41, 5.74) is 0.850. The van der Waals surface area contributed by atoms with Crippen LogP contribution in [0.5, 0.6) is 0 Å². The van der Waals surface area contributed by atoms with E-state index in [2.05, 4.69) is 39.8 Å². The van der Waals surface area contributed by atoms with Crippen molar-refractivity contribution < 1.29 is 23.7 Å². The molecule has 5 nitrogen and oxygen atoms in total. The number of rotatable bonds is 7. The van der Waals surface area contributed by atoms with Gasteiger partial charge >= 0.3 is 0 Å². The zero-order valence-electron chi connectivity index (χ0n) is 17.1. The van der Waals surface area contributed by atoms with Crippen LogP contribution in [0.4, 0.5) is 0 Å². The molecule has 1 saturated heterocycles. The maximum atomic E-state index is 10.8. The highest BCUT2D eigenvalue weighted by molar-refractivity contribution is 6.74. The standard InChI is InChI=1S/C21H32O5Si/c1-8-16(15-12-10-9-11-13-15)25-19-18(22)17(26-20(19)23-5)14-24-27(6,7)21(2,3)4/h1,9-13,16-20,22H,14H2,2-7H3/t16?,17-,18-,19-,20-/m0/s1. The molecule has 1 aliphatic heterocycles. The molecule has 1 aromatic rings. The van der Waals surface area contributed by atoms with E-state index in [1.54, 1.807) is 0 Å². The van der Waals surface area contributed by atoms with Gasteiger partial charge in [-0.3, -0.25) is 0 Å². The van der Waals surface area contributed by atoms with Crippen molar-refractivity contribution in [3.63, 3.8) is 0 Å². The molecule has 1 fully saturated rings. The Morgan fingerprint density at radius 2 is 1.89 bits per heavy atom. The molecule has 1 aliphatic rings. The number of terminal acetylenes is 1. The number of benzene rings is 1. The van der Waals surface area contributed by atoms with Crippen LogP contribution in [-0.2, 0) is 18.6 Å². The molecule has 6 heteroatoms. The van der Waals surface area contributed by atoms with E-state index >= 15 is 0 Å². The molecule has 27 heavy (non-hydrogen) atoms. The van der Waals surface area contributed by atoms with Gasteiger partial charge in [0.05, 0.1) is 6.61 Å². The van der Waals surface area contributed by atoms with Gasteiger partial charge < -0.3 is 23.7 Å². The van der Waals surface area contributed by atoms with Gasteiger partial charge in [-0.25, -0.2) is 0 Å². The molecule has 0 spiro atoms. The Hall–Kier alpha value is -1.20. The van der Waals surface area contributed by atoms with E-state index in [0.29, 0.717) is 6.61 Å². The summed E-state index contributed by atoms with van der Waals surface area (Å²) in [6, 6.07) is 9.50. The van der Waals surface area contributed by atoms with Crippen LogP contribution in [-0.4, -0.2) is 51.7 Å². The number of aliphatic hydroxyl groups excluding tert-OH is 1. The molecule has 0 amide bonds. The van der Waals surface area contributed by atoms with Crippen molar-refractivity contribution >= 4 is 8.32 Å².